The summed E-state index contributed by atoms with van der Waals surface area (Å²) in [5.41, 5.74) is 0. The molecule has 2 unspecified atom stereocenters. The van der Waals surface area contributed by atoms with Crippen molar-refractivity contribution in [2.45, 2.75) is 26.7 Å². The van der Waals surface area contributed by atoms with E-state index < -0.39 is 11.7 Å². The largest absolute Gasteiger partial charge is 0.492 e. The third kappa shape index (κ3) is 5.84. The molecular formula is C17H24F2O2. The van der Waals surface area contributed by atoms with Crippen molar-refractivity contribution >= 4 is 0 Å². The van der Waals surface area contributed by atoms with E-state index in [-0.39, 0.29) is 18.3 Å². The van der Waals surface area contributed by atoms with Crippen LogP contribution in [0.2, 0.25) is 0 Å². The smallest absolute Gasteiger partial charge is 0.198 e. The maximum Gasteiger partial charge on any atom is 0.198 e. The van der Waals surface area contributed by atoms with Gasteiger partial charge in [-0.1, -0.05) is 18.2 Å². The third-order valence-electron chi connectivity index (χ3n) is 3.42. The highest BCUT2D eigenvalue weighted by Crippen LogP contribution is 2.25. The zero-order valence-corrected chi connectivity index (χ0v) is 12.8. The molecule has 0 radical (unpaired) electrons. The minimum Gasteiger partial charge on any atom is -0.492 e. The fraction of sp³-hybridized carbons (Fsp3) is 0.529. The van der Waals surface area contributed by atoms with E-state index in [0.29, 0.717) is 19.1 Å². The second-order valence-electron chi connectivity index (χ2n) is 4.94. The Balaban J connectivity index is 2.64. The van der Waals surface area contributed by atoms with Gasteiger partial charge < -0.3 is 9.47 Å². The van der Waals surface area contributed by atoms with Gasteiger partial charge in [-0.2, -0.15) is 4.39 Å². The van der Waals surface area contributed by atoms with Gasteiger partial charge in [0.15, 0.2) is 17.4 Å². The van der Waals surface area contributed by atoms with Crippen LogP contribution in [0.4, 0.5) is 8.78 Å². The van der Waals surface area contributed by atoms with Crippen molar-refractivity contribution in [1.29, 1.82) is 0 Å². The van der Waals surface area contributed by atoms with Gasteiger partial charge in [0.2, 0.25) is 0 Å². The molecule has 0 bridgehead atoms. The summed E-state index contributed by atoms with van der Waals surface area (Å²) in [6.07, 6.45) is 9.07. The molecule has 21 heavy (non-hydrogen) atoms. The van der Waals surface area contributed by atoms with Crippen molar-refractivity contribution in [3.63, 3.8) is 0 Å². The van der Waals surface area contributed by atoms with Crippen LogP contribution in [-0.2, 0) is 9.47 Å². The van der Waals surface area contributed by atoms with E-state index in [4.69, 9.17) is 9.47 Å². The second-order valence-corrected chi connectivity index (χ2v) is 4.94. The maximum atomic E-state index is 13.9. The molecule has 0 spiro atoms. The first-order valence-electron chi connectivity index (χ1n) is 7.34. The van der Waals surface area contributed by atoms with Crippen molar-refractivity contribution in [3.8, 4) is 0 Å². The van der Waals surface area contributed by atoms with Gasteiger partial charge in [0.1, 0.15) is 6.61 Å². The van der Waals surface area contributed by atoms with E-state index in [1.165, 1.54) is 6.92 Å². The van der Waals surface area contributed by atoms with Crippen molar-refractivity contribution in [3.05, 3.63) is 48.3 Å². The maximum absolute atomic E-state index is 13.9. The summed E-state index contributed by atoms with van der Waals surface area (Å²) in [7, 11) is 0. The van der Waals surface area contributed by atoms with Gasteiger partial charge in [-0.3, -0.25) is 0 Å². The first-order valence-corrected chi connectivity index (χ1v) is 7.34. The van der Waals surface area contributed by atoms with E-state index in [1.807, 2.05) is 6.08 Å². The number of rotatable bonds is 8. The molecule has 0 aromatic carbocycles. The molecule has 1 aliphatic carbocycles. The quantitative estimate of drug-likeness (QED) is 0.362. The van der Waals surface area contributed by atoms with Crippen LogP contribution in [-0.4, -0.2) is 19.8 Å². The van der Waals surface area contributed by atoms with Crippen LogP contribution in [0.25, 0.3) is 0 Å². The minimum absolute atomic E-state index is 0.0602. The summed E-state index contributed by atoms with van der Waals surface area (Å²) in [5.74, 6) is -1.37. The Bertz CT molecular complexity index is 425. The molecule has 1 rings (SSSR count). The molecule has 0 saturated heterocycles. The topological polar surface area (TPSA) is 18.5 Å². The van der Waals surface area contributed by atoms with E-state index in [0.717, 1.165) is 18.9 Å². The monoisotopic (exact) mass is 298 g/mol. The molecule has 0 aromatic heterocycles. The summed E-state index contributed by atoms with van der Waals surface area (Å²) in [5, 5.41) is 0. The normalized spacial score (nSPS) is 23.7. The molecule has 0 amide bonds. The Kier molecular flexibility index (Phi) is 7.98. The number of allylic oxidation sites excluding steroid dienone is 5. The third-order valence-corrected chi connectivity index (χ3v) is 3.42. The Hall–Kier alpha value is -1.42. The van der Waals surface area contributed by atoms with Crippen LogP contribution in [0.5, 0.6) is 0 Å². The highest BCUT2D eigenvalue weighted by Gasteiger charge is 2.17. The molecule has 0 aliphatic heterocycles. The van der Waals surface area contributed by atoms with Crippen LogP contribution in [0, 0.1) is 11.8 Å². The standard InChI is InChI=1S/C17H24F2O2/c1-4-13-7-9-14(10-8-13)11-21-16(12-20-6-3)17(19)15(18)5-2/h4-5,7,9,13-14H,1,6,8,10-12H2,2-3H3/b15-5+,17-16-. The average Bonchev–Trinajstić information content (AvgIpc) is 2.54. The van der Waals surface area contributed by atoms with Crippen molar-refractivity contribution in [2.24, 2.45) is 11.8 Å². The van der Waals surface area contributed by atoms with E-state index >= 15 is 0 Å². The molecule has 0 saturated carbocycles. The summed E-state index contributed by atoms with van der Waals surface area (Å²) < 4.78 is 37.8. The summed E-state index contributed by atoms with van der Waals surface area (Å²) in [6.45, 7) is 7.68. The lowest BCUT2D eigenvalue weighted by atomic mass is 9.89. The fourth-order valence-corrected chi connectivity index (χ4v) is 2.06. The Morgan fingerprint density at radius 1 is 1.33 bits per heavy atom. The van der Waals surface area contributed by atoms with Crippen LogP contribution in [0.15, 0.2) is 48.3 Å². The van der Waals surface area contributed by atoms with E-state index in [9.17, 15) is 8.78 Å². The SMILES string of the molecule is C=CC1C=CC(CO/C(COCC)=C(F)/C(F)=C\C)CC1. The van der Waals surface area contributed by atoms with Gasteiger partial charge in [0, 0.05) is 12.5 Å². The minimum atomic E-state index is -0.977. The van der Waals surface area contributed by atoms with Crippen molar-refractivity contribution in [2.75, 3.05) is 19.8 Å². The number of hydrogen-bond donors (Lipinski definition) is 0. The van der Waals surface area contributed by atoms with Gasteiger partial charge >= 0.3 is 0 Å². The zero-order chi connectivity index (χ0) is 15.7. The Morgan fingerprint density at radius 3 is 2.62 bits per heavy atom. The molecule has 2 nitrogen and oxygen atoms in total. The van der Waals surface area contributed by atoms with E-state index in [1.54, 1.807) is 6.92 Å². The van der Waals surface area contributed by atoms with Gasteiger partial charge in [-0.15, -0.1) is 6.58 Å². The molecule has 0 N–H and O–H groups in total. The number of halogens is 2. The van der Waals surface area contributed by atoms with Gasteiger partial charge in [-0.05, 0) is 38.7 Å². The van der Waals surface area contributed by atoms with Crippen molar-refractivity contribution in [1.82, 2.24) is 0 Å². The van der Waals surface area contributed by atoms with Crippen LogP contribution < -0.4 is 0 Å². The molecule has 4 heteroatoms. The van der Waals surface area contributed by atoms with Crippen LogP contribution >= 0.6 is 0 Å². The first kappa shape index (κ1) is 17.6. The van der Waals surface area contributed by atoms with Gasteiger partial charge in [0.05, 0.1) is 6.61 Å². The fourth-order valence-electron chi connectivity index (χ4n) is 2.06. The molecule has 0 fully saturated rings. The average molecular weight is 298 g/mol. The zero-order valence-electron chi connectivity index (χ0n) is 12.8. The lowest BCUT2D eigenvalue weighted by molar-refractivity contribution is 0.0876. The molecule has 2 atom stereocenters. The lowest BCUT2D eigenvalue weighted by Gasteiger charge is -2.22. The van der Waals surface area contributed by atoms with Gasteiger partial charge in [0.25, 0.3) is 0 Å². The molecule has 0 aromatic rings. The molecule has 0 heterocycles. The summed E-state index contributed by atoms with van der Waals surface area (Å²) in [6, 6.07) is 0. The van der Waals surface area contributed by atoms with E-state index in [2.05, 4.69) is 18.7 Å². The van der Waals surface area contributed by atoms with Crippen molar-refractivity contribution < 1.29 is 18.3 Å². The summed E-state index contributed by atoms with van der Waals surface area (Å²) in [4.78, 5) is 0. The number of hydrogen-bond acceptors (Lipinski definition) is 2. The first-order chi connectivity index (χ1) is 10.1. The summed E-state index contributed by atoms with van der Waals surface area (Å²) >= 11 is 0. The van der Waals surface area contributed by atoms with Crippen LogP contribution in [0.1, 0.15) is 26.7 Å². The van der Waals surface area contributed by atoms with Gasteiger partial charge in [-0.25, -0.2) is 4.39 Å². The highest BCUT2D eigenvalue weighted by atomic mass is 19.2. The lowest BCUT2D eigenvalue weighted by Crippen LogP contribution is -2.15. The molecule has 118 valence electrons. The van der Waals surface area contributed by atoms with Crippen LogP contribution in [0.3, 0.4) is 0 Å². The second kappa shape index (κ2) is 9.50. The highest BCUT2D eigenvalue weighted by molar-refractivity contribution is 5.21. The Morgan fingerprint density at radius 2 is 2.10 bits per heavy atom. The predicted molar refractivity (Wildman–Crippen MR) is 81.0 cm³/mol. The predicted octanol–water partition coefficient (Wildman–Crippen LogP) is 4.86. The number of ether oxygens (including phenoxy) is 2. The Labute approximate surface area is 125 Å². The molecule has 1 aliphatic rings. The molecular weight excluding hydrogens is 274 g/mol.